The van der Waals surface area contributed by atoms with Gasteiger partial charge in [-0.3, -0.25) is 9.35 Å². The number of ether oxygens (including phenoxy) is 1. The number of hydrogen-bond donors (Lipinski definition) is 3. The number of alkyl halides is 2. The minimum atomic E-state index is -4.02. The number of benzene rings is 2. The van der Waals surface area contributed by atoms with Crippen molar-refractivity contribution in [2.24, 2.45) is 16.6 Å². The molecule has 6 N–H and O–H groups in total. The minimum Gasteiger partial charge on any atom is -0.412 e. The Morgan fingerprint density at radius 1 is 1.23 bits per heavy atom. The summed E-state index contributed by atoms with van der Waals surface area (Å²) >= 11 is 1.12. The van der Waals surface area contributed by atoms with Crippen molar-refractivity contribution in [3.63, 3.8) is 0 Å². The van der Waals surface area contributed by atoms with Gasteiger partial charge in [-0.25, -0.2) is 23.1 Å². The highest BCUT2D eigenvalue weighted by atomic mass is 32.2. The number of nitrogens with one attached hydrogen (secondary N) is 1. The molecule has 0 spiro atoms. The van der Waals surface area contributed by atoms with E-state index in [-0.39, 0.29) is 44.8 Å². The second-order valence-corrected chi connectivity index (χ2v) is 12.4. The quantitative estimate of drug-likeness (QED) is 0.344. The van der Waals surface area contributed by atoms with Crippen molar-refractivity contribution in [3.8, 4) is 6.07 Å². The summed E-state index contributed by atoms with van der Waals surface area (Å²) in [7, 11) is -4.02. The summed E-state index contributed by atoms with van der Waals surface area (Å²) in [6, 6.07) is 14.6. The fourth-order valence-corrected chi connectivity index (χ4v) is 6.22. The first kappa shape index (κ1) is 34.5. The Morgan fingerprint density at radius 3 is 2.48 bits per heavy atom. The predicted molar refractivity (Wildman–Crippen MR) is 158 cm³/mol. The zero-order valence-electron chi connectivity index (χ0n) is 23.3. The Morgan fingerprint density at radius 2 is 1.91 bits per heavy atom. The van der Waals surface area contributed by atoms with Crippen LogP contribution in [0.2, 0.25) is 0 Å². The molecule has 0 unspecified atom stereocenters. The van der Waals surface area contributed by atoms with E-state index < -0.39 is 45.3 Å². The molecule has 5 rings (SSSR count). The van der Waals surface area contributed by atoms with E-state index >= 15 is 0 Å². The summed E-state index contributed by atoms with van der Waals surface area (Å²) in [4.78, 5) is 20.7. The summed E-state index contributed by atoms with van der Waals surface area (Å²) in [5.74, 6) is -5.03. The number of amidine groups is 1. The van der Waals surface area contributed by atoms with Gasteiger partial charge in [0.1, 0.15) is 29.2 Å². The zero-order valence-corrected chi connectivity index (χ0v) is 24.9. The van der Waals surface area contributed by atoms with Crippen molar-refractivity contribution >= 4 is 38.6 Å². The third-order valence-electron chi connectivity index (χ3n) is 6.82. The first-order chi connectivity index (χ1) is 20.1. The largest absolute Gasteiger partial charge is 0.412 e. The molecule has 1 amide bonds. The van der Waals surface area contributed by atoms with E-state index in [2.05, 4.69) is 15.3 Å². The highest BCUT2D eigenvalue weighted by molar-refractivity contribution is 8.13. The van der Waals surface area contributed by atoms with Crippen LogP contribution in [0.1, 0.15) is 34.1 Å². The van der Waals surface area contributed by atoms with Gasteiger partial charge in [0.25, 0.3) is 21.9 Å². The molecule has 0 bridgehead atoms. The van der Waals surface area contributed by atoms with Crippen LogP contribution in [0.15, 0.2) is 70.7 Å². The van der Waals surface area contributed by atoms with Crippen LogP contribution in [-0.2, 0) is 20.4 Å². The topological polar surface area (TPSA) is 199 Å². The molecule has 2 aliphatic heterocycles. The number of fused-ring (bicyclic) bond motifs is 1. The lowest BCUT2D eigenvalue weighted by Gasteiger charge is -2.37. The Balaban J connectivity index is 0.000000374. The maximum Gasteiger partial charge on any atom is 0.294 e. The van der Waals surface area contributed by atoms with E-state index in [1.54, 1.807) is 12.1 Å². The summed E-state index contributed by atoms with van der Waals surface area (Å²) in [5, 5.41) is 11.6. The number of nitrogens with two attached hydrogens (primary N) is 1. The number of thioether (sulfide) groups is 1. The van der Waals surface area contributed by atoms with Gasteiger partial charge in [0, 0.05) is 36.0 Å². The number of halogens is 3. The lowest BCUT2D eigenvalue weighted by molar-refractivity contribution is -0.113. The number of aryl methyl sites for hydroxylation is 1. The highest BCUT2D eigenvalue weighted by Crippen LogP contribution is 2.51. The van der Waals surface area contributed by atoms with Gasteiger partial charge in [-0.15, -0.1) is 0 Å². The number of aliphatic imine (C=N–C) groups is 1. The average Bonchev–Trinajstić information content (AvgIpc) is 3.34. The van der Waals surface area contributed by atoms with Gasteiger partial charge in [0.15, 0.2) is 5.17 Å². The molecule has 3 aromatic rings. The molecule has 0 radical (unpaired) electrons. The number of nitriles is 1. The molecule has 3 heterocycles. The number of amides is 1. The van der Waals surface area contributed by atoms with Gasteiger partial charge in [-0.1, -0.05) is 29.5 Å². The van der Waals surface area contributed by atoms with Gasteiger partial charge in [0.05, 0.1) is 17.1 Å². The molecule has 1 fully saturated rings. The maximum atomic E-state index is 15.0. The Kier molecular flexibility index (Phi) is 10.4. The molecular formula is C28H28F3N5O6S2. The van der Waals surface area contributed by atoms with Gasteiger partial charge in [-0.2, -0.15) is 13.7 Å². The first-order valence-electron chi connectivity index (χ1n) is 12.6. The van der Waals surface area contributed by atoms with Crippen molar-refractivity contribution < 1.29 is 41.1 Å². The Bertz CT molecular complexity index is 1690. The number of aromatic nitrogens is 1. The second kappa shape index (κ2) is 13.3. The number of rotatable bonds is 5. The molecular weight excluding hydrogens is 623 g/mol. The molecule has 0 saturated carbocycles. The van der Waals surface area contributed by atoms with Gasteiger partial charge in [-0.05, 0) is 49.4 Å². The monoisotopic (exact) mass is 651 g/mol. The SMILES string of the molecule is CC(F)(F)[C@H]1OC[C@]2(c3cc(NC(=O)c4ccc(C#N)cn4)ccc3F)N=C(N)SC[C@H]12.Cc1ccc(S(=O)(=O)O)cc1.O. The molecule has 2 aliphatic rings. The molecule has 1 saturated heterocycles. The molecule has 3 atom stereocenters. The average molecular weight is 652 g/mol. The number of anilines is 1. The molecule has 11 nitrogen and oxygen atoms in total. The van der Waals surface area contributed by atoms with Crippen LogP contribution in [0.4, 0.5) is 18.9 Å². The van der Waals surface area contributed by atoms with Crippen molar-refractivity contribution in [2.45, 2.75) is 36.3 Å². The lowest BCUT2D eigenvalue weighted by Crippen LogP contribution is -2.46. The second-order valence-electron chi connectivity index (χ2n) is 9.96. The van der Waals surface area contributed by atoms with Gasteiger partial charge < -0.3 is 21.3 Å². The van der Waals surface area contributed by atoms with E-state index in [0.29, 0.717) is 5.56 Å². The molecule has 44 heavy (non-hydrogen) atoms. The third-order valence-corrected chi connectivity index (χ3v) is 8.60. The summed E-state index contributed by atoms with van der Waals surface area (Å²) < 4.78 is 78.3. The zero-order chi connectivity index (χ0) is 31.6. The summed E-state index contributed by atoms with van der Waals surface area (Å²) in [6.07, 6.45) is -0.195. The van der Waals surface area contributed by atoms with E-state index in [1.165, 1.54) is 42.6 Å². The third kappa shape index (κ3) is 7.55. The number of carbonyl (C=O) groups is 1. The molecule has 1 aromatic heterocycles. The Labute approximate surface area is 255 Å². The normalized spacial score (nSPS) is 21.0. The molecule has 234 valence electrons. The van der Waals surface area contributed by atoms with Gasteiger partial charge in [0.2, 0.25) is 0 Å². The van der Waals surface area contributed by atoms with Crippen LogP contribution in [0, 0.1) is 30.0 Å². The number of nitrogens with zero attached hydrogens (tertiary/aromatic N) is 3. The fraction of sp³-hybridized carbons (Fsp3) is 0.286. The van der Waals surface area contributed by atoms with Crippen LogP contribution < -0.4 is 11.1 Å². The van der Waals surface area contributed by atoms with Crippen LogP contribution in [0.3, 0.4) is 0 Å². The maximum absolute atomic E-state index is 15.0. The van der Waals surface area contributed by atoms with E-state index in [4.69, 9.17) is 20.3 Å². The molecule has 2 aromatic carbocycles. The van der Waals surface area contributed by atoms with E-state index in [0.717, 1.165) is 30.3 Å². The number of pyridine rings is 1. The van der Waals surface area contributed by atoms with Crippen molar-refractivity contribution in [2.75, 3.05) is 17.7 Å². The van der Waals surface area contributed by atoms with Crippen molar-refractivity contribution in [3.05, 3.63) is 89.0 Å². The van der Waals surface area contributed by atoms with Crippen LogP contribution in [0.5, 0.6) is 0 Å². The van der Waals surface area contributed by atoms with Crippen molar-refractivity contribution in [1.82, 2.24) is 4.98 Å². The molecule has 0 aliphatic carbocycles. The number of carbonyl (C=O) groups excluding carboxylic acids is 1. The summed E-state index contributed by atoms with van der Waals surface area (Å²) in [5.41, 5.74) is 6.00. The Hall–Kier alpha value is -4.01. The van der Waals surface area contributed by atoms with Crippen LogP contribution >= 0.6 is 11.8 Å². The predicted octanol–water partition coefficient (Wildman–Crippen LogP) is 3.69. The minimum absolute atomic E-state index is 0. The number of hydrogen-bond acceptors (Lipinski definition) is 9. The van der Waals surface area contributed by atoms with Gasteiger partial charge >= 0.3 is 0 Å². The smallest absolute Gasteiger partial charge is 0.294 e. The van der Waals surface area contributed by atoms with E-state index in [1.807, 2.05) is 13.0 Å². The highest BCUT2D eigenvalue weighted by Gasteiger charge is 2.59. The standard InChI is InChI=1S/C21H18F3N5O2S.C7H8O3S.H2O/c1-20(23,24)17-14-9-32-19(26)29-21(14,10-31-17)13-6-12(3-4-15(13)22)28-18(30)16-5-2-11(7-25)8-27-16;1-6-2-4-7(5-3-6)11(8,9)10;/h2-6,8,14,17H,9-10H2,1H3,(H2,26,29)(H,28,30);2-5H,1H3,(H,8,9,10);1H2/t14-,17+,21-;;/m1../s1. The fourth-order valence-electron chi connectivity index (χ4n) is 4.71. The van der Waals surface area contributed by atoms with E-state index in [9.17, 15) is 26.4 Å². The van der Waals surface area contributed by atoms with Crippen molar-refractivity contribution in [1.29, 1.82) is 5.26 Å². The van der Waals surface area contributed by atoms with Crippen LogP contribution in [0.25, 0.3) is 0 Å². The first-order valence-corrected chi connectivity index (χ1v) is 15.1. The summed E-state index contributed by atoms with van der Waals surface area (Å²) in [6.45, 7) is 2.34. The molecule has 16 heteroatoms. The lowest BCUT2D eigenvalue weighted by atomic mass is 9.77. The van der Waals surface area contributed by atoms with Crippen LogP contribution in [-0.4, -0.2) is 58.9 Å².